The summed E-state index contributed by atoms with van der Waals surface area (Å²) in [6.07, 6.45) is 12.0. The smallest absolute Gasteiger partial charge is 0.242 e. The van der Waals surface area contributed by atoms with Gasteiger partial charge in [0, 0.05) is 32.0 Å². The van der Waals surface area contributed by atoms with Crippen LogP contribution < -0.4 is 5.32 Å². The van der Waals surface area contributed by atoms with E-state index in [1.807, 2.05) is 30.1 Å². The molecule has 2 fully saturated rings. The van der Waals surface area contributed by atoms with Crippen LogP contribution in [0, 0.1) is 5.92 Å². The predicted octanol–water partition coefficient (Wildman–Crippen LogP) is 4.07. The molecule has 1 aromatic heterocycles. The van der Waals surface area contributed by atoms with Crippen LogP contribution in [0.3, 0.4) is 0 Å². The maximum absolute atomic E-state index is 13.1. The van der Waals surface area contributed by atoms with Crippen molar-refractivity contribution < 1.29 is 9.59 Å². The molecular formula is C25H36N4O2. The molecule has 0 saturated heterocycles. The molecule has 2 saturated carbocycles. The van der Waals surface area contributed by atoms with Gasteiger partial charge in [-0.05, 0) is 50.7 Å². The number of hydrogen-bond donors (Lipinski definition) is 1. The van der Waals surface area contributed by atoms with Crippen molar-refractivity contribution in [2.75, 3.05) is 13.6 Å². The van der Waals surface area contributed by atoms with Crippen molar-refractivity contribution in [1.82, 2.24) is 19.8 Å². The quantitative estimate of drug-likeness (QED) is 0.585. The molecule has 2 aliphatic carbocycles. The lowest BCUT2D eigenvalue weighted by Crippen LogP contribution is -2.40. The number of nitrogens with zero attached hydrogens (tertiary/aromatic N) is 3. The molecule has 1 aromatic carbocycles. The zero-order valence-electron chi connectivity index (χ0n) is 18.8. The Morgan fingerprint density at radius 3 is 2.61 bits per heavy atom. The van der Waals surface area contributed by atoms with Crippen molar-refractivity contribution in [1.29, 1.82) is 0 Å². The lowest BCUT2D eigenvalue weighted by molar-refractivity contribution is -0.133. The van der Waals surface area contributed by atoms with E-state index in [1.54, 1.807) is 0 Å². The Morgan fingerprint density at radius 2 is 1.84 bits per heavy atom. The number of rotatable bonds is 10. The molecule has 0 spiro atoms. The van der Waals surface area contributed by atoms with Crippen LogP contribution in [0.5, 0.6) is 0 Å². The first-order valence-electron chi connectivity index (χ1n) is 12.1. The molecule has 1 N–H and O–H groups in total. The van der Waals surface area contributed by atoms with Crippen LogP contribution in [-0.2, 0) is 22.6 Å². The van der Waals surface area contributed by atoms with Gasteiger partial charge in [0.2, 0.25) is 11.8 Å². The topological polar surface area (TPSA) is 67.2 Å². The van der Waals surface area contributed by atoms with E-state index in [2.05, 4.69) is 16.0 Å². The van der Waals surface area contributed by atoms with E-state index in [0.29, 0.717) is 12.6 Å². The third-order valence-electron chi connectivity index (χ3n) is 6.87. The zero-order chi connectivity index (χ0) is 21.6. The van der Waals surface area contributed by atoms with Gasteiger partial charge in [0.15, 0.2) is 0 Å². The highest BCUT2D eigenvalue weighted by molar-refractivity contribution is 5.81. The molecule has 0 radical (unpaired) electrons. The molecule has 0 bridgehead atoms. The summed E-state index contributed by atoms with van der Waals surface area (Å²) in [5, 5.41) is 3.04. The number of aryl methyl sites for hydroxylation is 1. The summed E-state index contributed by atoms with van der Waals surface area (Å²) in [4.78, 5) is 31.6. The lowest BCUT2D eigenvalue weighted by Gasteiger charge is -2.31. The van der Waals surface area contributed by atoms with Crippen LogP contribution in [0.25, 0.3) is 11.0 Å². The van der Waals surface area contributed by atoms with Gasteiger partial charge in [-0.15, -0.1) is 0 Å². The highest BCUT2D eigenvalue weighted by Gasteiger charge is 2.29. The fraction of sp³-hybridized carbons (Fsp3) is 0.640. The summed E-state index contributed by atoms with van der Waals surface area (Å²) in [6, 6.07) is 8.49. The Labute approximate surface area is 185 Å². The summed E-state index contributed by atoms with van der Waals surface area (Å²) in [6.45, 7) is 1.12. The fourth-order valence-corrected chi connectivity index (χ4v) is 4.70. The summed E-state index contributed by atoms with van der Waals surface area (Å²) < 4.78 is 2.12. The van der Waals surface area contributed by atoms with Crippen molar-refractivity contribution in [3.05, 3.63) is 30.1 Å². The van der Waals surface area contributed by atoms with E-state index >= 15 is 0 Å². The van der Waals surface area contributed by atoms with Gasteiger partial charge in [0.05, 0.1) is 11.0 Å². The number of para-hydroxylation sites is 2. The number of aromatic nitrogens is 2. The first-order valence-corrected chi connectivity index (χ1v) is 12.1. The van der Waals surface area contributed by atoms with Gasteiger partial charge < -0.3 is 14.8 Å². The van der Waals surface area contributed by atoms with Crippen molar-refractivity contribution in [3.63, 3.8) is 0 Å². The Bertz CT molecular complexity index is 896. The number of likely N-dealkylation sites (N-methyl/N-ethyl adjacent to an activating group) is 1. The third-order valence-corrected chi connectivity index (χ3v) is 6.87. The van der Waals surface area contributed by atoms with E-state index in [1.165, 1.54) is 19.3 Å². The van der Waals surface area contributed by atoms with Gasteiger partial charge in [0.25, 0.3) is 0 Å². The average Bonchev–Trinajstić information content (AvgIpc) is 3.60. The Balaban J connectivity index is 1.33. The standard InChI is InChI=1S/C25H36N4O2/c1-28(20-10-4-2-5-11-20)24(30)18-29-22-13-8-7-12-21(22)27-23(29)14-6-3-9-17-26-25(31)19-15-16-19/h7-8,12-13,19-20H,2-6,9-11,14-18H2,1H3,(H,26,31). The van der Waals surface area contributed by atoms with Gasteiger partial charge in [-0.2, -0.15) is 0 Å². The second-order valence-corrected chi connectivity index (χ2v) is 9.28. The minimum absolute atomic E-state index is 0.180. The third kappa shape index (κ3) is 5.66. The SMILES string of the molecule is CN(C(=O)Cn1c(CCCCCNC(=O)C2CC2)nc2ccccc21)C1CCCCC1. The van der Waals surface area contributed by atoms with Crippen LogP contribution in [0.1, 0.15) is 70.0 Å². The molecule has 2 aliphatic rings. The van der Waals surface area contributed by atoms with Crippen molar-refractivity contribution in [3.8, 4) is 0 Å². The molecule has 31 heavy (non-hydrogen) atoms. The van der Waals surface area contributed by atoms with E-state index in [0.717, 1.165) is 74.8 Å². The summed E-state index contributed by atoms with van der Waals surface area (Å²) in [7, 11) is 1.97. The number of nitrogens with one attached hydrogen (secondary N) is 1. The highest BCUT2D eigenvalue weighted by atomic mass is 16.2. The lowest BCUT2D eigenvalue weighted by atomic mass is 9.94. The largest absolute Gasteiger partial charge is 0.356 e. The molecule has 0 atom stereocenters. The number of unbranched alkanes of at least 4 members (excludes halogenated alkanes) is 2. The van der Waals surface area contributed by atoms with Gasteiger partial charge in [-0.1, -0.05) is 37.8 Å². The minimum atomic E-state index is 0.180. The van der Waals surface area contributed by atoms with Gasteiger partial charge >= 0.3 is 0 Å². The monoisotopic (exact) mass is 424 g/mol. The summed E-state index contributed by atoms with van der Waals surface area (Å²) in [5.74, 6) is 1.68. The molecule has 6 heteroatoms. The molecule has 2 aromatic rings. The number of benzene rings is 1. The highest BCUT2D eigenvalue weighted by Crippen LogP contribution is 2.28. The van der Waals surface area contributed by atoms with Crippen LogP contribution in [0.4, 0.5) is 0 Å². The number of hydrogen-bond acceptors (Lipinski definition) is 3. The van der Waals surface area contributed by atoms with E-state index < -0.39 is 0 Å². The molecule has 6 nitrogen and oxygen atoms in total. The molecular weight excluding hydrogens is 388 g/mol. The maximum atomic E-state index is 13.1. The summed E-state index contributed by atoms with van der Waals surface area (Å²) in [5.41, 5.74) is 2.00. The molecule has 4 rings (SSSR count). The van der Waals surface area contributed by atoms with Crippen LogP contribution in [-0.4, -0.2) is 45.9 Å². The molecule has 0 unspecified atom stereocenters. The van der Waals surface area contributed by atoms with Crippen LogP contribution in [0.15, 0.2) is 24.3 Å². The molecule has 2 amide bonds. The number of carbonyl (C=O) groups is 2. The second-order valence-electron chi connectivity index (χ2n) is 9.28. The number of fused-ring (bicyclic) bond motifs is 1. The van der Waals surface area contributed by atoms with Crippen LogP contribution >= 0.6 is 0 Å². The Morgan fingerprint density at radius 1 is 1.06 bits per heavy atom. The Kier molecular flexibility index (Phi) is 7.25. The number of amides is 2. The minimum Gasteiger partial charge on any atom is -0.356 e. The second kappa shape index (κ2) is 10.3. The molecule has 0 aliphatic heterocycles. The molecule has 168 valence electrons. The Hall–Kier alpha value is -2.37. The zero-order valence-corrected chi connectivity index (χ0v) is 18.8. The van der Waals surface area contributed by atoms with E-state index in [4.69, 9.17) is 4.98 Å². The number of carbonyl (C=O) groups excluding carboxylic acids is 2. The van der Waals surface area contributed by atoms with Gasteiger partial charge in [0.1, 0.15) is 12.4 Å². The normalized spacial score (nSPS) is 17.1. The van der Waals surface area contributed by atoms with Crippen molar-refractivity contribution >= 4 is 22.8 Å². The summed E-state index contributed by atoms with van der Waals surface area (Å²) >= 11 is 0. The molecule has 1 heterocycles. The van der Waals surface area contributed by atoms with E-state index in [-0.39, 0.29) is 17.7 Å². The fourth-order valence-electron chi connectivity index (χ4n) is 4.70. The van der Waals surface area contributed by atoms with E-state index in [9.17, 15) is 9.59 Å². The first-order chi connectivity index (χ1) is 15.1. The van der Waals surface area contributed by atoms with Crippen molar-refractivity contribution in [2.45, 2.75) is 83.2 Å². The maximum Gasteiger partial charge on any atom is 0.242 e. The predicted molar refractivity (Wildman–Crippen MR) is 123 cm³/mol. The van der Waals surface area contributed by atoms with Gasteiger partial charge in [-0.3, -0.25) is 9.59 Å². The first kappa shape index (κ1) is 21.8. The average molecular weight is 425 g/mol. The van der Waals surface area contributed by atoms with Crippen molar-refractivity contribution in [2.24, 2.45) is 5.92 Å². The van der Waals surface area contributed by atoms with Crippen LogP contribution in [0.2, 0.25) is 0 Å². The number of imidazole rings is 1. The van der Waals surface area contributed by atoms with Gasteiger partial charge in [-0.25, -0.2) is 4.98 Å².